The van der Waals surface area contributed by atoms with Crippen LogP contribution in [0.1, 0.15) is 0 Å². The number of hydrogen-bond acceptors (Lipinski definition) is 4. The second-order valence-corrected chi connectivity index (χ2v) is 6.08. The fraction of sp³-hybridized carbons (Fsp3) is 0.143. The third-order valence-electron chi connectivity index (χ3n) is 1.71. The third-order valence-corrected chi connectivity index (χ3v) is 4.28. The summed E-state index contributed by atoms with van der Waals surface area (Å²) in [4.78, 5) is -0.769. The van der Waals surface area contributed by atoms with E-state index in [1.54, 1.807) is 0 Å². The molecule has 15 heavy (non-hydrogen) atoms. The van der Waals surface area contributed by atoms with Gasteiger partial charge in [-0.25, -0.2) is 26.7 Å². The summed E-state index contributed by atoms with van der Waals surface area (Å²) in [6.45, 7) is 0. The molecule has 0 atom stereocenters. The minimum Gasteiger partial charge on any atom is -0.225 e. The van der Waals surface area contributed by atoms with Gasteiger partial charge in [0.25, 0.3) is 0 Å². The van der Waals surface area contributed by atoms with Crippen LogP contribution in [0.3, 0.4) is 0 Å². The van der Waals surface area contributed by atoms with Gasteiger partial charge in [-0.3, -0.25) is 0 Å². The fourth-order valence-corrected chi connectivity index (χ4v) is 3.12. The van der Waals surface area contributed by atoms with Gasteiger partial charge in [0.1, 0.15) is 9.79 Å². The fourth-order valence-electron chi connectivity index (χ4n) is 1.02. The van der Waals surface area contributed by atoms with Crippen molar-refractivity contribution in [3.05, 3.63) is 24.3 Å². The van der Waals surface area contributed by atoms with Crippen molar-refractivity contribution in [2.24, 2.45) is 5.14 Å². The van der Waals surface area contributed by atoms with Crippen LogP contribution in [0.4, 0.5) is 0 Å². The van der Waals surface area contributed by atoms with Crippen molar-refractivity contribution in [1.82, 2.24) is 4.72 Å². The smallest absolute Gasteiger partial charge is 0.225 e. The molecule has 0 saturated heterocycles. The Morgan fingerprint density at radius 3 is 1.93 bits per heavy atom. The summed E-state index contributed by atoms with van der Waals surface area (Å²) in [6, 6.07) is 5.12. The van der Waals surface area contributed by atoms with E-state index in [0.717, 1.165) is 6.07 Å². The zero-order valence-electron chi connectivity index (χ0n) is 7.84. The van der Waals surface area contributed by atoms with Crippen LogP contribution < -0.4 is 9.86 Å². The monoisotopic (exact) mass is 250 g/mol. The van der Waals surface area contributed by atoms with Gasteiger partial charge in [-0.05, 0) is 19.2 Å². The van der Waals surface area contributed by atoms with Gasteiger partial charge in [0.05, 0.1) is 0 Å². The highest BCUT2D eigenvalue weighted by atomic mass is 32.2. The minimum atomic E-state index is -4.05. The molecule has 0 bridgehead atoms. The topological polar surface area (TPSA) is 106 Å². The quantitative estimate of drug-likeness (QED) is 0.735. The second kappa shape index (κ2) is 3.89. The van der Waals surface area contributed by atoms with E-state index in [1.165, 1.54) is 25.2 Å². The maximum atomic E-state index is 11.4. The van der Waals surface area contributed by atoms with Gasteiger partial charge < -0.3 is 0 Å². The lowest BCUT2D eigenvalue weighted by molar-refractivity contribution is 0.578. The molecule has 0 heterocycles. The van der Waals surface area contributed by atoms with Crippen molar-refractivity contribution in [2.45, 2.75) is 9.79 Å². The van der Waals surface area contributed by atoms with Crippen LogP contribution in [-0.4, -0.2) is 23.9 Å². The van der Waals surface area contributed by atoms with E-state index in [4.69, 9.17) is 5.14 Å². The van der Waals surface area contributed by atoms with Crippen molar-refractivity contribution >= 4 is 20.0 Å². The lowest BCUT2D eigenvalue weighted by atomic mass is 10.4. The van der Waals surface area contributed by atoms with E-state index in [0.29, 0.717) is 0 Å². The van der Waals surface area contributed by atoms with E-state index in [9.17, 15) is 16.8 Å². The molecule has 0 aliphatic heterocycles. The molecule has 0 aliphatic carbocycles. The van der Waals surface area contributed by atoms with Gasteiger partial charge in [-0.1, -0.05) is 12.1 Å². The van der Waals surface area contributed by atoms with E-state index in [-0.39, 0.29) is 4.90 Å². The molecule has 0 saturated carbocycles. The Morgan fingerprint density at radius 1 is 1.07 bits per heavy atom. The zero-order valence-corrected chi connectivity index (χ0v) is 9.47. The van der Waals surface area contributed by atoms with Gasteiger partial charge >= 0.3 is 0 Å². The Morgan fingerprint density at radius 2 is 1.53 bits per heavy atom. The van der Waals surface area contributed by atoms with E-state index in [2.05, 4.69) is 0 Å². The largest absolute Gasteiger partial charge is 0.241 e. The highest BCUT2D eigenvalue weighted by Gasteiger charge is 2.22. The van der Waals surface area contributed by atoms with Crippen molar-refractivity contribution in [2.75, 3.05) is 7.05 Å². The molecule has 6 nitrogen and oxygen atoms in total. The molecular formula is C7H10N2O4S2. The van der Waals surface area contributed by atoms with Gasteiger partial charge in [0, 0.05) is 0 Å². The molecule has 1 aromatic carbocycles. The lowest BCUT2D eigenvalue weighted by Gasteiger charge is -2.06. The number of nitrogens with two attached hydrogens (primary N) is 1. The first kappa shape index (κ1) is 12.1. The Kier molecular flexibility index (Phi) is 3.14. The third kappa shape index (κ3) is 2.53. The molecular weight excluding hydrogens is 240 g/mol. The van der Waals surface area contributed by atoms with Crippen LogP contribution in [-0.2, 0) is 20.0 Å². The second-order valence-electron chi connectivity index (χ2n) is 2.70. The molecule has 0 aliphatic rings. The van der Waals surface area contributed by atoms with Crippen LogP contribution in [0.25, 0.3) is 0 Å². The van der Waals surface area contributed by atoms with Crippen LogP contribution >= 0.6 is 0 Å². The van der Waals surface area contributed by atoms with Crippen LogP contribution in [0.5, 0.6) is 0 Å². The van der Waals surface area contributed by atoms with Gasteiger partial charge in [0.15, 0.2) is 0 Å². The van der Waals surface area contributed by atoms with Crippen molar-refractivity contribution in [3.63, 3.8) is 0 Å². The molecule has 0 amide bonds. The molecule has 0 radical (unpaired) electrons. The molecule has 1 aromatic rings. The number of rotatable bonds is 3. The van der Waals surface area contributed by atoms with Gasteiger partial charge in [0.2, 0.25) is 20.0 Å². The molecule has 0 fully saturated rings. The molecule has 1 rings (SSSR count). The average molecular weight is 250 g/mol. The lowest BCUT2D eigenvalue weighted by Crippen LogP contribution is -2.23. The van der Waals surface area contributed by atoms with Crippen LogP contribution in [0.15, 0.2) is 34.1 Å². The first-order chi connectivity index (χ1) is 6.79. The molecule has 0 unspecified atom stereocenters. The Labute approximate surface area is 88.2 Å². The summed E-state index contributed by atoms with van der Waals surface area (Å²) in [6.07, 6.45) is 0. The highest BCUT2D eigenvalue weighted by Crippen LogP contribution is 2.18. The predicted molar refractivity (Wildman–Crippen MR) is 54.1 cm³/mol. The first-order valence-electron chi connectivity index (χ1n) is 3.84. The Hall–Kier alpha value is -0.960. The summed E-state index contributed by atoms with van der Waals surface area (Å²) in [5, 5.41) is 4.89. The van der Waals surface area contributed by atoms with E-state index < -0.39 is 24.9 Å². The predicted octanol–water partition coefficient (Wildman–Crippen LogP) is -0.758. The molecule has 8 heteroatoms. The van der Waals surface area contributed by atoms with E-state index in [1.807, 2.05) is 4.72 Å². The number of primary sulfonamides is 1. The maximum absolute atomic E-state index is 11.4. The summed E-state index contributed by atoms with van der Waals surface area (Å²) in [5.41, 5.74) is 0. The number of nitrogens with one attached hydrogen (secondary N) is 1. The summed E-state index contributed by atoms with van der Waals surface area (Å²) < 4.78 is 47.1. The summed E-state index contributed by atoms with van der Waals surface area (Å²) >= 11 is 0. The first-order valence-corrected chi connectivity index (χ1v) is 6.87. The molecule has 84 valence electrons. The Bertz CT molecular complexity index is 562. The van der Waals surface area contributed by atoms with Crippen molar-refractivity contribution in [1.29, 1.82) is 0 Å². The molecule has 0 aromatic heterocycles. The Balaban J connectivity index is 3.59. The van der Waals surface area contributed by atoms with Crippen molar-refractivity contribution in [3.8, 4) is 0 Å². The van der Waals surface area contributed by atoms with Crippen LogP contribution in [0, 0.1) is 0 Å². The van der Waals surface area contributed by atoms with Gasteiger partial charge in [-0.2, -0.15) is 0 Å². The molecule has 0 spiro atoms. The molecule has 3 N–H and O–H groups in total. The number of sulfonamides is 2. The standard InChI is InChI=1S/C7H10N2O4S2/c1-9-15(12,13)7-5-3-2-4-6(7)14(8,10)11/h2-5,9H,1H3,(H2,8,10,11). The number of hydrogen-bond donors (Lipinski definition) is 2. The van der Waals surface area contributed by atoms with Crippen molar-refractivity contribution < 1.29 is 16.8 Å². The number of benzene rings is 1. The summed E-state index contributed by atoms with van der Waals surface area (Å²) in [5.74, 6) is 0. The normalized spacial score (nSPS) is 12.7. The van der Waals surface area contributed by atoms with Gasteiger partial charge in [-0.15, -0.1) is 0 Å². The highest BCUT2D eigenvalue weighted by molar-refractivity contribution is 7.92. The van der Waals surface area contributed by atoms with E-state index >= 15 is 0 Å². The maximum Gasteiger partial charge on any atom is 0.241 e. The minimum absolute atomic E-state index is 0.352. The summed E-state index contributed by atoms with van der Waals surface area (Å²) in [7, 11) is -6.68. The zero-order chi connectivity index (χ0) is 11.7. The SMILES string of the molecule is CNS(=O)(=O)c1ccccc1S(N)(=O)=O. The average Bonchev–Trinajstić information content (AvgIpc) is 2.16. The van der Waals surface area contributed by atoms with Crippen LogP contribution in [0.2, 0.25) is 0 Å².